The summed E-state index contributed by atoms with van der Waals surface area (Å²) in [5.41, 5.74) is 3.86. The summed E-state index contributed by atoms with van der Waals surface area (Å²) in [6.07, 6.45) is 4.96. The Kier molecular flexibility index (Phi) is 5.37. The highest BCUT2D eigenvalue weighted by atomic mass is 16.2. The van der Waals surface area contributed by atoms with Gasteiger partial charge in [-0.1, -0.05) is 17.7 Å². The second kappa shape index (κ2) is 8.26. The van der Waals surface area contributed by atoms with Crippen LogP contribution in [0.1, 0.15) is 28.9 Å². The van der Waals surface area contributed by atoms with E-state index in [2.05, 4.69) is 20.5 Å². The van der Waals surface area contributed by atoms with Crippen molar-refractivity contribution >= 4 is 17.5 Å². The lowest BCUT2D eigenvalue weighted by atomic mass is 9.96. The van der Waals surface area contributed by atoms with Crippen molar-refractivity contribution in [1.82, 2.24) is 20.1 Å². The van der Waals surface area contributed by atoms with Crippen LogP contribution in [0.2, 0.25) is 0 Å². The first-order chi connectivity index (χ1) is 14.1. The molecule has 0 radical (unpaired) electrons. The van der Waals surface area contributed by atoms with Crippen LogP contribution in [0.5, 0.6) is 0 Å². The molecule has 2 aromatic heterocycles. The molecule has 1 atom stereocenters. The number of amides is 2. The first-order valence-electron chi connectivity index (χ1n) is 9.73. The fourth-order valence-electron chi connectivity index (χ4n) is 3.52. The maximum atomic E-state index is 12.9. The largest absolute Gasteiger partial charge is 0.337 e. The van der Waals surface area contributed by atoms with Crippen LogP contribution >= 0.6 is 0 Å². The molecule has 2 amide bonds. The molecule has 1 aromatic carbocycles. The summed E-state index contributed by atoms with van der Waals surface area (Å²) in [5.74, 6) is -0.415. The molecule has 3 aromatic rings. The highest BCUT2D eigenvalue weighted by Crippen LogP contribution is 2.22. The second-order valence-corrected chi connectivity index (χ2v) is 7.35. The normalized spacial score (nSPS) is 16.4. The molecule has 4 rings (SSSR count). The van der Waals surface area contributed by atoms with E-state index in [9.17, 15) is 9.59 Å². The van der Waals surface area contributed by atoms with E-state index in [0.29, 0.717) is 24.5 Å². The molecule has 7 nitrogen and oxygen atoms in total. The van der Waals surface area contributed by atoms with Crippen LogP contribution < -0.4 is 5.32 Å². The zero-order chi connectivity index (χ0) is 20.2. The summed E-state index contributed by atoms with van der Waals surface area (Å²) in [7, 11) is 0. The van der Waals surface area contributed by atoms with Crippen molar-refractivity contribution in [3.05, 3.63) is 66.1 Å². The number of aromatic nitrogens is 3. The van der Waals surface area contributed by atoms with Gasteiger partial charge in [-0.2, -0.15) is 5.10 Å². The number of hydrogen-bond acceptors (Lipinski definition) is 4. The minimum absolute atomic E-state index is 0.0491. The van der Waals surface area contributed by atoms with E-state index >= 15 is 0 Å². The average molecular weight is 389 g/mol. The summed E-state index contributed by atoms with van der Waals surface area (Å²) < 4.78 is 0. The van der Waals surface area contributed by atoms with Crippen molar-refractivity contribution in [2.45, 2.75) is 19.8 Å². The summed E-state index contributed by atoms with van der Waals surface area (Å²) in [6.45, 7) is 3.04. The number of aryl methyl sites for hydroxylation is 1. The molecule has 2 N–H and O–H groups in total. The van der Waals surface area contributed by atoms with E-state index in [0.717, 1.165) is 29.7 Å². The van der Waals surface area contributed by atoms with Crippen LogP contribution in [0, 0.1) is 12.8 Å². The third-order valence-electron chi connectivity index (χ3n) is 5.16. The highest BCUT2D eigenvalue weighted by molar-refractivity contribution is 5.95. The number of benzene rings is 1. The second-order valence-electron chi connectivity index (χ2n) is 7.35. The summed E-state index contributed by atoms with van der Waals surface area (Å²) in [5, 5.41) is 10.0. The number of nitrogens with zero attached hydrogens (tertiary/aromatic N) is 3. The molecule has 148 valence electrons. The molecule has 1 fully saturated rings. The molecular weight excluding hydrogens is 366 g/mol. The van der Waals surface area contributed by atoms with Crippen LogP contribution in [0.3, 0.4) is 0 Å². The lowest BCUT2D eigenvalue weighted by Gasteiger charge is -2.31. The number of hydrogen-bond donors (Lipinski definition) is 2. The Balaban J connectivity index is 1.41. The van der Waals surface area contributed by atoms with Gasteiger partial charge < -0.3 is 10.2 Å². The first-order valence-corrected chi connectivity index (χ1v) is 9.73. The standard InChI is InChI=1S/C22H23N5O2/c1-15-6-8-18(9-7-15)24-21(28)17-5-3-11-27(14-17)22(29)20-12-19(25-26-20)16-4-2-10-23-13-16/h2,4,6-10,12-13,17H,3,5,11,14H2,1H3,(H,24,28)(H,25,26). The van der Waals surface area contributed by atoms with Crippen molar-refractivity contribution in [2.24, 2.45) is 5.92 Å². The van der Waals surface area contributed by atoms with E-state index in [-0.39, 0.29) is 17.7 Å². The van der Waals surface area contributed by atoms with E-state index in [1.807, 2.05) is 43.3 Å². The van der Waals surface area contributed by atoms with E-state index in [1.54, 1.807) is 23.4 Å². The Morgan fingerprint density at radius 3 is 2.79 bits per heavy atom. The molecule has 1 aliphatic heterocycles. The van der Waals surface area contributed by atoms with Crippen molar-refractivity contribution < 1.29 is 9.59 Å². The number of rotatable bonds is 4. The molecule has 1 saturated heterocycles. The number of nitrogens with one attached hydrogen (secondary N) is 2. The van der Waals surface area contributed by atoms with E-state index in [1.165, 1.54) is 0 Å². The van der Waals surface area contributed by atoms with Crippen molar-refractivity contribution in [3.8, 4) is 11.3 Å². The highest BCUT2D eigenvalue weighted by Gasteiger charge is 2.29. The number of likely N-dealkylation sites (tertiary alicyclic amines) is 1. The van der Waals surface area contributed by atoms with Crippen LogP contribution in [0.15, 0.2) is 54.9 Å². The molecule has 1 aliphatic rings. The minimum Gasteiger partial charge on any atom is -0.337 e. The van der Waals surface area contributed by atoms with Gasteiger partial charge in [-0.05, 0) is 50.1 Å². The average Bonchev–Trinajstić information content (AvgIpc) is 3.26. The zero-order valence-electron chi connectivity index (χ0n) is 16.3. The van der Waals surface area contributed by atoms with E-state index < -0.39 is 0 Å². The van der Waals surface area contributed by atoms with Gasteiger partial charge in [0.15, 0.2) is 0 Å². The Bertz CT molecular complexity index is 998. The number of H-pyrrole nitrogens is 1. The molecule has 7 heteroatoms. The Hall–Kier alpha value is -3.48. The third-order valence-corrected chi connectivity index (χ3v) is 5.16. The smallest absolute Gasteiger partial charge is 0.271 e. The molecule has 0 saturated carbocycles. The van der Waals surface area contributed by atoms with E-state index in [4.69, 9.17) is 0 Å². The summed E-state index contributed by atoms with van der Waals surface area (Å²) in [4.78, 5) is 31.4. The molecule has 29 heavy (non-hydrogen) atoms. The first kappa shape index (κ1) is 18.9. The van der Waals surface area contributed by atoms with Gasteiger partial charge in [0.2, 0.25) is 5.91 Å². The van der Waals surface area contributed by atoms with Crippen LogP contribution in [-0.4, -0.2) is 45.0 Å². The minimum atomic E-state index is -0.227. The van der Waals surface area contributed by atoms with Gasteiger partial charge in [-0.15, -0.1) is 0 Å². The predicted molar refractivity (Wildman–Crippen MR) is 110 cm³/mol. The van der Waals surface area contributed by atoms with Crippen molar-refractivity contribution in [2.75, 3.05) is 18.4 Å². The monoisotopic (exact) mass is 389 g/mol. The number of carbonyl (C=O) groups is 2. The summed E-state index contributed by atoms with van der Waals surface area (Å²) in [6, 6.07) is 13.2. The SMILES string of the molecule is Cc1ccc(NC(=O)C2CCCN(C(=O)c3cc(-c4cccnc4)n[nH]3)C2)cc1. The lowest BCUT2D eigenvalue weighted by Crippen LogP contribution is -2.43. The van der Waals surface area contributed by atoms with Crippen LogP contribution in [0.25, 0.3) is 11.3 Å². The molecule has 1 unspecified atom stereocenters. The fourth-order valence-corrected chi connectivity index (χ4v) is 3.52. The maximum Gasteiger partial charge on any atom is 0.271 e. The maximum absolute atomic E-state index is 12.9. The topological polar surface area (TPSA) is 91.0 Å². The van der Waals surface area contributed by atoms with Crippen molar-refractivity contribution in [3.63, 3.8) is 0 Å². The molecule has 0 aliphatic carbocycles. The third kappa shape index (κ3) is 4.34. The fraction of sp³-hybridized carbons (Fsp3) is 0.273. The van der Waals surface area contributed by atoms with Gasteiger partial charge in [0, 0.05) is 36.7 Å². The predicted octanol–water partition coefficient (Wildman–Crippen LogP) is 3.27. The van der Waals surface area contributed by atoms with Crippen LogP contribution in [-0.2, 0) is 4.79 Å². The van der Waals surface area contributed by atoms with Gasteiger partial charge in [0.25, 0.3) is 5.91 Å². The number of pyridine rings is 1. The number of carbonyl (C=O) groups excluding carboxylic acids is 2. The van der Waals surface area contributed by atoms with Crippen molar-refractivity contribution in [1.29, 1.82) is 0 Å². The molecule has 0 spiro atoms. The van der Waals surface area contributed by atoms with Crippen LogP contribution in [0.4, 0.5) is 5.69 Å². The Morgan fingerprint density at radius 1 is 1.21 bits per heavy atom. The molecular formula is C22H23N5O2. The summed E-state index contributed by atoms with van der Waals surface area (Å²) >= 11 is 0. The number of anilines is 1. The lowest BCUT2D eigenvalue weighted by molar-refractivity contribution is -0.121. The van der Waals surface area contributed by atoms with Gasteiger partial charge in [0.1, 0.15) is 5.69 Å². The van der Waals surface area contributed by atoms with Gasteiger partial charge in [-0.25, -0.2) is 0 Å². The zero-order valence-corrected chi connectivity index (χ0v) is 16.3. The Labute approximate surface area is 169 Å². The van der Waals surface area contributed by atoms with Gasteiger partial charge >= 0.3 is 0 Å². The number of piperidine rings is 1. The number of aromatic amines is 1. The quantitative estimate of drug-likeness (QED) is 0.716. The van der Waals surface area contributed by atoms with Gasteiger partial charge in [0.05, 0.1) is 11.6 Å². The Morgan fingerprint density at radius 2 is 2.03 bits per heavy atom. The molecule has 0 bridgehead atoms. The molecule has 3 heterocycles. The van der Waals surface area contributed by atoms with Gasteiger partial charge in [-0.3, -0.25) is 19.7 Å².